The van der Waals surface area contributed by atoms with Gasteiger partial charge in [-0.15, -0.1) is 0 Å². The first kappa shape index (κ1) is 17.0. The predicted octanol–water partition coefficient (Wildman–Crippen LogP) is 6.09. The monoisotopic (exact) mass is 380 g/mol. The van der Waals surface area contributed by atoms with Crippen LogP contribution in [0.15, 0.2) is 78.0 Å². The number of ether oxygens (including phenoxy) is 1. The molecule has 0 bridgehead atoms. The maximum atomic E-state index is 6.04. The zero-order valence-electron chi connectivity index (χ0n) is 14.0. The second-order valence-electron chi connectivity index (χ2n) is 5.87. The number of benzene rings is 3. The van der Waals surface area contributed by atoms with Crippen LogP contribution in [0.4, 0.5) is 0 Å². The summed E-state index contributed by atoms with van der Waals surface area (Å²) < 4.78 is 6.02. The Balaban J connectivity index is 1.45. The van der Waals surface area contributed by atoms with Gasteiger partial charge >= 0.3 is 0 Å². The standard InChI is InChI=1S/C21H17ClN2OS/c22-17-10-11-18-19(12-17)24-21(23-18)26-14-16-8-4-5-9-20(16)25-13-15-6-2-1-3-7-15/h1-12H,13-14H2,(H,23,24). The van der Waals surface area contributed by atoms with Crippen LogP contribution in [0.25, 0.3) is 11.0 Å². The van der Waals surface area contributed by atoms with Gasteiger partial charge in [0, 0.05) is 16.3 Å². The van der Waals surface area contributed by atoms with Gasteiger partial charge in [-0.05, 0) is 29.8 Å². The molecule has 0 aliphatic rings. The number of aromatic amines is 1. The molecule has 0 fully saturated rings. The highest BCUT2D eigenvalue weighted by Gasteiger charge is 2.08. The molecule has 1 heterocycles. The van der Waals surface area contributed by atoms with Crippen molar-refractivity contribution in [2.45, 2.75) is 17.5 Å². The Morgan fingerprint density at radius 3 is 2.65 bits per heavy atom. The summed E-state index contributed by atoms with van der Waals surface area (Å²) in [4.78, 5) is 7.91. The smallest absolute Gasteiger partial charge is 0.166 e. The highest BCUT2D eigenvalue weighted by atomic mass is 35.5. The quantitative estimate of drug-likeness (QED) is 0.411. The van der Waals surface area contributed by atoms with Crippen LogP contribution < -0.4 is 4.74 Å². The second-order valence-corrected chi connectivity index (χ2v) is 7.27. The molecule has 0 spiro atoms. The topological polar surface area (TPSA) is 37.9 Å². The predicted molar refractivity (Wildman–Crippen MR) is 108 cm³/mol. The number of nitrogens with one attached hydrogen (secondary N) is 1. The van der Waals surface area contributed by atoms with E-state index in [2.05, 4.69) is 28.2 Å². The first-order chi connectivity index (χ1) is 12.8. The number of para-hydroxylation sites is 1. The van der Waals surface area contributed by atoms with Crippen LogP contribution in [0.3, 0.4) is 0 Å². The number of aromatic nitrogens is 2. The normalized spacial score (nSPS) is 11.0. The van der Waals surface area contributed by atoms with Crippen molar-refractivity contribution in [2.24, 2.45) is 0 Å². The summed E-state index contributed by atoms with van der Waals surface area (Å²) in [6.07, 6.45) is 0. The van der Waals surface area contributed by atoms with E-state index in [0.717, 1.165) is 38.8 Å². The van der Waals surface area contributed by atoms with Gasteiger partial charge < -0.3 is 9.72 Å². The van der Waals surface area contributed by atoms with E-state index in [0.29, 0.717) is 11.6 Å². The van der Waals surface area contributed by atoms with Crippen molar-refractivity contribution in [2.75, 3.05) is 0 Å². The SMILES string of the molecule is Clc1ccc2nc(SCc3ccccc3OCc3ccccc3)[nH]c2c1. The van der Waals surface area contributed by atoms with E-state index in [9.17, 15) is 0 Å². The number of nitrogens with zero attached hydrogens (tertiary/aromatic N) is 1. The molecule has 26 heavy (non-hydrogen) atoms. The lowest BCUT2D eigenvalue weighted by Gasteiger charge is -2.11. The maximum Gasteiger partial charge on any atom is 0.166 e. The highest BCUT2D eigenvalue weighted by Crippen LogP contribution is 2.29. The van der Waals surface area contributed by atoms with Crippen LogP contribution in [0, 0.1) is 0 Å². The minimum Gasteiger partial charge on any atom is -0.489 e. The van der Waals surface area contributed by atoms with Crippen LogP contribution in [0.5, 0.6) is 5.75 Å². The molecule has 4 aromatic rings. The van der Waals surface area contributed by atoms with Gasteiger partial charge in [-0.25, -0.2) is 4.98 Å². The number of imidazole rings is 1. The lowest BCUT2D eigenvalue weighted by atomic mass is 10.2. The van der Waals surface area contributed by atoms with Gasteiger partial charge in [0.2, 0.25) is 0 Å². The number of hydrogen-bond acceptors (Lipinski definition) is 3. The summed E-state index contributed by atoms with van der Waals surface area (Å²) in [7, 11) is 0. The van der Waals surface area contributed by atoms with Crippen LogP contribution in [0.2, 0.25) is 5.02 Å². The lowest BCUT2D eigenvalue weighted by molar-refractivity contribution is 0.304. The summed E-state index contributed by atoms with van der Waals surface area (Å²) in [6.45, 7) is 0.561. The van der Waals surface area contributed by atoms with E-state index >= 15 is 0 Å². The Bertz CT molecular complexity index is 1020. The minimum atomic E-state index is 0.561. The largest absolute Gasteiger partial charge is 0.489 e. The van der Waals surface area contributed by atoms with Crippen LogP contribution in [0.1, 0.15) is 11.1 Å². The summed E-state index contributed by atoms with van der Waals surface area (Å²) in [6, 6.07) is 24.0. The van der Waals surface area contributed by atoms with Gasteiger partial charge in [0.15, 0.2) is 5.16 Å². The van der Waals surface area contributed by atoms with Crippen molar-refractivity contribution in [3.63, 3.8) is 0 Å². The number of rotatable bonds is 6. The number of hydrogen-bond donors (Lipinski definition) is 1. The average molecular weight is 381 g/mol. The zero-order chi connectivity index (χ0) is 17.8. The van der Waals surface area contributed by atoms with Crippen LogP contribution in [-0.2, 0) is 12.4 Å². The van der Waals surface area contributed by atoms with Gasteiger partial charge in [-0.3, -0.25) is 0 Å². The van der Waals surface area contributed by atoms with E-state index in [1.807, 2.05) is 54.6 Å². The Kier molecular flexibility index (Phi) is 5.14. The third-order valence-corrected chi connectivity index (χ3v) is 5.15. The molecule has 130 valence electrons. The number of fused-ring (bicyclic) bond motifs is 1. The molecule has 0 aliphatic heterocycles. The lowest BCUT2D eigenvalue weighted by Crippen LogP contribution is -1.97. The van der Waals surface area contributed by atoms with E-state index < -0.39 is 0 Å². The molecular formula is C21H17ClN2OS. The van der Waals surface area contributed by atoms with Crippen molar-refractivity contribution in [3.8, 4) is 5.75 Å². The molecule has 0 saturated heterocycles. The van der Waals surface area contributed by atoms with Crippen molar-refractivity contribution in [1.29, 1.82) is 0 Å². The third-order valence-electron chi connectivity index (χ3n) is 4.00. The van der Waals surface area contributed by atoms with Gasteiger partial charge in [0.25, 0.3) is 0 Å². The molecule has 4 rings (SSSR count). The number of halogens is 1. The molecule has 1 N–H and O–H groups in total. The molecule has 0 saturated carbocycles. The highest BCUT2D eigenvalue weighted by molar-refractivity contribution is 7.98. The molecule has 5 heteroatoms. The van der Waals surface area contributed by atoms with Gasteiger partial charge in [-0.2, -0.15) is 0 Å². The summed E-state index contributed by atoms with van der Waals surface area (Å²) in [5, 5.41) is 1.58. The average Bonchev–Trinajstić information content (AvgIpc) is 3.08. The van der Waals surface area contributed by atoms with E-state index in [-0.39, 0.29) is 0 Å². The van der Waals surface area contributed by atoms with E-state index in [4.69, 9.17) is 16.3 Å². The molecule has 0 atom stereocenters. The molecule has 1 aromatic heterocycles. The first-order valence-electron chi connectivity index (χ1n) is 8.30. The first-order valence-corrected chi connectivity index (χ1v) is 9.67. The number of thioether (sulfide) groups is 1. The fraction of sp³-hybridized carbons (Fsp3) is 0.0952. The molecule has 0 radical (unpaired) electrons. The van der Waals surface area contributed by atoms with E-state index in [1.54, 1.807) is 11.8 Å². The second kappa shape index (κ2) is 7.85. The van der Waals surface area contributed by atoms with E-state index in [1.165, 1.54) is 0 Å². The third kappa shape index (κ3) is 4.03. The van der Waals surface area contributed by atoms with Crippen molar-refractivity contribution < 1.29 is 4.74 Å². The van der Waals surface area contributed by atoms with Gasteiger partial charge in [0.1, 0.15) is 12.4 Å². The maximum absolute atomic E-state index is 6.04. The Morgan fingerprint density at radius 2 is 1.77 bits per heavy atom. The molecule has 0 amide bonds. The molecule has 3 nitrogen and oxygen atoms in total. The summed E-state index contributed by atoms with van der Waals surface area (Å²) in [5.41, 5.74) is 4.18. The zero-order valence-corrected chi connectivity index (χ0v) is 15.6. The van der Waals surface area contributed by atoms with Crippen LogP contribution >= 0.6 is 23.4 Å². The minimum absolute atomic E-state index is 0.561. The fourth-order valence-corrected chi connectivity index (χ4v) is 3.72. The molecule has 0 aliphatic carbocycles. The summed E-state index contributed by atoms with van der Waals surface area (Å²) >= 11 is 7.69. The molecular weight excluding hydrogens is 364 g/mol. The Labute approximate surface area is 161 Å². The summed E-state index contributed by atoms with van der Waals surface area (Å²) in [5.74, 6) is 1.68. The van der Waals surface area contributed by atoms with Gasteiger partial charge in [0.05, 0.1) is 11.0 Å². The number of H-pyrrole nitrogens is 1. The molecule has 0 unspecified atom stereocenters. The fourth-order valence-electron chi connectivity index (χ4n) is 2.67. The Morgan fingerprint density at radius 1 is 0.962 bits per heavy atom. The van der Waals surface area contributed by atoms with Crippen molar-refractivity contribution in [3.05, 3.63) is 88.9 Å². The van der Waals surface area contributed by atoms with Crippen molar-refractivity contribution >= 4 is 34.4 Å². The van der Waals surface area contributed by atoms with Crippen LogP contribution in [-0.4, -0.2) is 9.97 Å². The Hall–Kier alpha value is -2.43. The van der Waals surface area contributed by atoms with Crippen molar-refractivity contribution in [1.82, 2.24) is 9.97 Å². The van der Waals surface area contributed by atoms with Gasteiger partial charge in [-0.1, -0.05) is 71.9 Å². The molecule has 3 aromatic carbocycles.